The Hall–Kier alpha value is -4.17. The summed E-state index contributed by atoms with van der Waals surface area (Å²) in [4.78, 5) is 31.2. The van der Waals surface area contributed by atoms with Gasteiger partial charge in [0.25, 0.3) is 0 Å². The van der Waals surface area contributed by atoms with Crippen molar-refractivity contribution in [1.29, 1.82) is 0 Å². The maximum Gasteiger partial charge on any atom is 0.337 e. The number of imidazole rings is 1. The van der Waals surface area contributed by atoms with Crippen LogP contribution >= 0.6 is 0 Å². The number of urea groups is 1. The van der Waals surface area contributed by atoms with Crippen LogP contribution in [0, 0.1) is 0 Å². The number of methoxy groups -OCH3 is 1. The summed E-state index contributed by atoms with van der Waals surface area (Å²) >= 11 is 0. The number of hydrogen-bond acceptors (Lipinski definition) is 5. The Kier molecular flexibility index (Phi) is 7.18. The number of amides is 2. The summed E-state index contributed by atoms with van der Waals surface area (Å²) in [6.45, 7) is 3.79. The third-order valence-corrected chi connectivity index (χ3v) is 6.83. The fourth-order valence-corrected chi connectivity index (χ4v) is 4.77. The van der Waals surface area contributed by atoms with Gasteiger partial charge in [-0.15, -0.1) is 0 Å². The first-order valence-electron chi connectivity index (χ1n) is 12.5. The Morgan fingerprint density at radius 1 is 0.919 bits per heavy atom. The predicted octanol–water partition coefficient (Wildman–Crippen LogP) is 4.91. The van der Waals surface area contributed by atoms with Crippen molar-refractivity contribution in [2.75, 3.05) is 38.6 Å². The third kappa shape index (κ3) is 5.49. The summed E-state index contributed by atoms with van der Waals surface area (Å²) in [5, 5.41) is 5.84. The molecule has 0 unspecified atom stereocenters. The molecular formula is C29H31N5O3. The minimum absolute atomic E-state index is 0.186. The molecule has 1 aliphatic heterocycles. The van der Waals surface area contributed by atoms with Crippen LogP contribution in [-0.4, -0.2) is 59.7 Å². The van der Waals surface area contributed by atoms with E-state index in [0.29, 0.717) is 12.1 Å². The number of aromatic nitrogens is 2. The lowest BCUT2D eigenvalue weighted by Gasteiger charge is -2.15. The van der Waals surface area contributed by atoms with E-state index < -0.39 is 0 Å². The molecule has 0 radical (unpaired) electrons. The Morgan fingerprint density at radius 3 is 2.30 bits per heavy atom. The Bertz CT molecular complexity index is 1400. The molecule has 1 fully saturated rings. The van der Waals surface area contributed by atoms with Gasteiger partial charge in [0.05, 0.1) is 23.7 Å². The second-order valence-corrected chi connectivity index (χ2v) is 9.27. The van der Waals surface area contributed by atoms with Crippen LogP contribution in [0.15, 0.2) is 66.7 Å². The molecule has 1 aromatic heterocycles. The van der Waals surface area contributed by atoms with Crippen LogP contribution in [0.4, 0.5) is 10.5 Å². The number of nitrogens with zero attached hydrogens (tertiary/aromatic N) is 3. The van der Waals surface area contributed by atoms with Crippen molar-refractivity contribution in [3.63, 3.8) is 0 Å². The highest BCUT2D eigenvalue weighted by Crippen LogP contribution is 2.29. The molecule has 37 heavy (non-hydrogen) atoms. The fraction of sp³-hybridized carbons (Fsp3) is 0.276. The number of carbonyl (C=O) groups is 2. The number of fused-ring (bicyclic) bond motifs is 1. The van der Waals surface area contributed by atoms with Crippen molar-refractivity contribution in [3.05, 3.63) is 72.3 Å². The number of carbonyl (C=O) groups excluding carboxylic acids is 2. The highest BCUT2D eigenvalue weighted by Gasteiger charge is 2.13. The van der Waals surface area contributed by atoms with Gasteiger partial charge in [-0.3, -0.25) is 0 Å². The molecular weight excluding hydrogens is 466 g/mol. The molecule has 0 atom stereocenters. The van der Waals surface area contributed by atoms with Crippen molar-refractivity contribution >= 4 is 28.7 Å². The first-order chi connectivity index (χ1) is 18.0. The number of rotatable bonds is 7. The fourth-order valence-electron chi connectivity index (χ4n) is 4.77. The average Bonchev–Trinajstić information content (AvgIpc) is 3.56. The van der Waals surface area contributed by atoms with E-state index in [-0.39, 0.29) is 12.0 Å². The second kappa shape index (κ2) is 10.8. The van der Waals surface area contributed by atoms with Crippen molar-refractivity contribution in [2.45, 2.75) is 12.8 Å². The van der Waals surface area contributed by atoms with Crippen molar-refractivity contribution in [3.8, 4) is 22.5 Å². The van der Waals surface area contributed by atoms with Gasteiger partial charge in [0.1, 0.15) is 5.82 Å². The van der Waals surface area contributed by atoms with Gasteiger partial charge in [-0.2, -0.15) is 0 Å². The summed E-state index contributed by atoms with van der Waals surface area (Å²) in [5.41, 5.74) is 6.15. The van der Waals surface area contributed by atoms with E-state index in [1.165, 1.54) is 20.0 Å². The van der Waals surface area contributed by atoms with Crippen LogP contribution < -0.4 is 10.6 Å². The summed E-state index contributed by atoms with van der Waals surface area (Å²) in [5.74, 6) is 0.458. The molecule has 3 aromatic carbocycles. The van der Waals surface area contributed by atoms with Crippen LogP contribution in [0.1, 0.15) is 23.2 Å². The van der Waals surface area contributed by atoms with Crippen LogP contribution in [0.2, 0.25) is 0 Å². The molecule has 0 saturated carbocycles. The molecule has 1 aliphatic rings. The minimum Gasteiger partial charge on any atom is -0.465 e. The van der Waals surface area contributed by atoms with Crippen LogP contribution in [0.25, 0.3) is 33.5 Å². The molecule has 0 spiro atoms. The third-order valence-electron chi connectivity index (χ3n) is 6.83. The van der Waals surface area contributed by atoms with E-state index in [9.17, 15) is 9.59 Å². The van der Waals surface area contributed by atoms with Gasteiger partial charge in [0.2, 0.25) is 0 Å². The summed E-state index contributed by atoms with van der Waals surface area (Å²) in [7, 11) is 3.35. The van der Waals surface area contributed by atoms with E-state index in [2.05, 4.69) is 33.7 Å². The van der Waals surface area contributed by atoms with E-state index in [0.717, 1.165) is 58.9 Å². The van der Waals surface area contributed by atoms with Gasteiger partial charge in [0, 0.05) is 31.4 Å². The van der Waals surface area contributed by atoms with Crippen molar-refractivity contribution in [2.24, 2.45) is 7.05 Å². The number of likely N-dealkylation sites (tertiary alicyclic amines) is 1. The lowest BCUT2D eigenvalue weighted by Crippen LogP contribution is -2.35. The van der Waals surface area contributed by atoms with Crippen molar-refractivity contribution in [1.82, 2.24) is 19.8 Å². The molecule has 2 heterocycles. The second-order valence-electron chi connectivity index (χ2n) is 9.27. The lowest BCUT2D eigenvalue weighted by molar-refractivity contribution is 0.0600. The maximum absolute atomic E-state index is 12.2. The van der Waals surface area contributed by atoms with E-state index >= 15 is 0 Å². The molecule has 4 aromatic rings. The quantitative estimate of drug-likeness (QED) is 0.354. The number of nitrogens with one attached hydrogen (secondary N) is 2. The molecule has 0 aliphatic carbocycles. The van der Waals surface area contributed by atoms with Gasteiger partial charge in [-0.1, -0.05) is 30.3 Å². The zero-order chi connectivity index (χ0) is 25.8. The smallest absolute Gasteiger partial charge is 0.337 e. The van der Waals surface area contributed by atoms with E-state index in [4.69, 9.17) is 9.72 Å². The number of hydrogen-bond donors (Lipinski definition) is 2. The van der Waals surface area contributed by atoms with Crippen LogP contribution in [-0.2, 0) is 11.8 Å². The van der Waals surface area contributed by atoms with E-state index in [1.807, 2.05) is 48.0 Å². The summed E-state index contributed by atoms with van der Waals surface area (Å²) in [6.07, 6.45) is 2.50. The molecule has 0 bridgehead atoms. The standard InChI is InChI=1S/C29H31N5O3/c1-33-26-14-11-23(19-25(26)32-27(33)21-5-7-22(8-6-21)28(35)37-2)20-9-12-24(13-10-20)31-29(36)30-15-18-34-16-3-4-17-34/h5-14,19H,3-4,15-18H2,1-2H3,(H2,30,31,36). The maximum atomic E-state index is 12.2. The lowest BCUT2D eigenvalue weighted by atomic mass is 10.0. The molecule has 2 amide bonds. The first kappa shape index (κ1) is 24.5. The predicted molar refractivity (Wildman–Crippen MR) is 146 cm³/mol. The highest BCUT2D eigenvalue weighted by atomic mass is 16.5. The molecule has 2 N–H and O–H groups in total. The largest absolute Gasteiger partial charge is 0.465 e. The Morgan fingerprint density at radius 2 is 1.59 bits per heavy atom. The zero-order valence-electron chi connectivity index (χ0n) is 21.2. The molecule has 5 rings (SSSR count). The number of ether oxygens (including phenoxy) is 1. The van der Waals surface area contributed by atoms with Crippen LogP contribution in [0.3, 0.4) is 0 Å². The normalized spacial score (nSPS) is 13.6. The number of esters is 1. The van der Waals surface area contributed by atoms with Crippen molar-refractivity contribution < 1.29 is 14.3 Å². The summed E-state index contributed by atoms with van der Waals surface area (Å²) in [6, 6.07) is 21.1. The SMILES string of the molecule is COC(=O)c1ccc(-c2nc3cc(-c4ccc(NC(=O)NCCN5CCCC5)cc4)ccc3n2C)cc1. The molecule has 1 saturated heterocycles. The number of benzene rings is 3. The molecule has 190 valence electrons. The Labute approximate surface area is 216 Å². The zero-order valence-corrected chi connectivity index (χ0v) is 21.2. The average molecular weight is 498 g/mol. The first-order valence-corrected chi connectivity index (χ1v) is 12.5. The monoisotopic (exact) mass is 497 g/mol. The summed E-state index contributed by atoms with van der Waals surface area (Å²) < 4.78 is 6.83. The molecule has 8 nitrogen and oxygen atoms in total. The topological polar surface area (TPSA) is 88.5 Å². The molecule has 8 heteroatoms. The minimum atomic E-state index is -0.361. The van der Waals surface area contributed by atoms with Gasteiger partial charge >= 0.3 is 12.0 Å². The van der Waals surface area contributed by atoms with Crippen LogP contribution in [0.5, 0.6) is 0 Å². The van der Waals surface area contributed by atoms with Gasteiger partial charge in [-0.05, 0) is 73.5 Å². The van der Waals surface area contributed by atoms with Gasteiger partial charge in [0.15, 0.2) is 0 Å². The highest BCUT2D eigenvalue weighted by molar-refractivity contribution is 5.91. The van der Waals surface area contributed by atoms with Gasteiger partial charge < -0.3 is 24.8 Å². The van der Waals surface area contributed by atoms with E-state index in [1.54, 1.807) is 12.1 Å². The number of aryl methyl sites for hydroxylation is 1. The number of anilines is 1. The Balaban J connectivity index is 1.26. The van der Waals surface area contributed by atoms with Gasteiger partial charge in [-0.25, -0.2) is 14.6 Å².